The van der Waals surface area contributed by atoms with Crippen molar-refractivity contribution in [3.05, 3.63) is 86.9 Å². The molecule has 4 rings (SSSR count). The highest BCUT2D eigenvalue weighted by atomic mass is 35.5. The van der Waals surface area contributed by atoms with Gasteiger partial charge in [-0.1, -0.05) is 17.7 Å². The number of halogens is 1. The number of oxazole rings is 1. The Labute approximate surface area is 192 Å². The van der Waals surface area contributed by atoms with Crippen molar-refractivity contribution in [3.8, 4) is 11.5 Å². The molecule has 1 amide bonds. The fourth-order valence-electron chi connectivity index (χ4n) is 2.98. The van der Waals surface area contributed by atoms with Crippen molar-refractivity contribution in [1.29, 1.82) is 0 Å². The van der Waals surface area contributed by atoms with Gasteiger partial charge in [-0.3, -0.25) is 20.2 Å². The first-order chi connectivity index (χ1) is 15.3. The van der Waals surface area contributed by atoms with Crippen molar-refractivity contribution in [2.24, 2.45) is 0 Å². The summed E-state index contributed by atoms with van der Waals surface area (Å²) in [5, 5.41) is 16.5. The second-order valence-electron chi connectivity index (χ2n) is 6.90. The van der Waals surface area contributed by atoms with Gasteiger partial charge in [0.1, 0.15) is 5.52 Å². The van der Waals surface area contributed by atoms with Gasteiger partial charge < -0.3 is 9.73 Å². The normalized spacial score (nSPS) is 10.7. The van der Waals surface area contributed by atoms with Gasteiger partial charge in [0.25, 0.3) is 11.6 Å². The number of thiocarbonyl (C=S) groups is 1. The molecular formula is C22H15ClN4O4S. The molecule has 0 atom stereocenters. The number of rotatable bonds is 4. The van der Waals surface area contributed by atoms with E-state index in [-0.39, 0.29) is 16.4 Å². The fraction of sp³-hybridized carbons (Fsp3) is 0.0455. The van der Waals surface area contributed by atoms with Crippen molar-refractivity contribution in [2.45, 2.75) is 6.92 Å². The quantitative estimate of drug-likeness (QED) is 0.232. The van der Waals surface area contributed by atoms with Crippen LogP contribution in [0.1, 0.15) is 15.9 Å². The molecule has 0 saturated heterocycles. The van der Waals surface area contributed by atoms with Crippen LogP contribution >= 0.6 is 23.8 Å². The second-order valence-corrected chi connectivity index (χ2v) is 7.71. The molecule has 0 radical (unpaired) electrons. The number of hydrogen-bond donors (Lipinski definition) is 2. The number of nitrogens with zero attached hydrogens (tertiary/aromatic N) is 2. The van der Waals surface area contributed by atoms with Crippen LogP contribution < -0.4 is 10.6 Å². The lowest BCUT2D eigenvalue weighted by atomic mass is 10.2. The summed E-state index contributed by atoms with van der Waals surface area (Å²) in [6, 6.07) is 16.1. The standard InChI is InChI=1S/C22H15ClN4O4S/c1-12-2-9-19-18(10-12)24-21(31-19)14-5-8-16(23)17(11-14)25-22(32)26-20(28)13-3-6-15(7-4-13)27(29)30/h2-11H,1H3,(H2,25,26,28,32). The molecule has 0 aliphatic rings. The van der Waals surface area contributed by atoms with Crippen LogP contribution in [0.25, 0.3) is 22.6 Å². The topological polar surface area (TPSA) is 110 Å². The Kier molecular flexibility index (Phi) is 5.85. The Bertz CT molecular complexity index is 1370. The summed E-state index contributed by atoms with van der Waals surface area (Å²) in [7, 11) is 0. The number of hydrogen-bond acceptors (Lipinski definition) is 6. The van der Waals surface area contributed by atoms with Gasteiger partial charge in [0.2, 0.25) is 5.89 Å². The highest BCUT2D eigenvalue weighted by Gasteiger charge is 2.14. The molecule has 0 aliphatic carbocycles. The van der Waals surface area contributed by atoms with E-state index >= 15 is 0 Å². The summed E-state index contributed by atoms with van der Waals surface area (Å²) in [4.78, 5) is 27.1. The lowest BCUT2D eigenvalue weighted by molar-refractivity contribution is -0.384. The highest BCUT2D eigenvalue weighted by molar-refractivity contribution is 7.80. The number of nitro groups is 1. The third-order valence-corrected chi connectivity index (χ3v) is 5.11. The fourth-order valence-corrected chi connectivity index (χ4v) is 3.35. The van der Waals surface area contributed by atoms with Gasteiger partial charge in [0.15, 0.2) is 10.7 Å². The van der Waals surface area contributed by atoms with E-state index in [1.54, 1.807) is 18.2 Å². The number of nitrogens with one attached hydrogen (secondary N) is 2. The minimum atomic E-state index is -0.541. The van der Waals surface area contributed by atoms with Crippen LogP contribution in [0.15, 0.2) is 65.1 Å². The minimum Gasteiger partial charge on any atom is -0.436 e. The van der Waals surface area contributed by atoms with Crippen molar-refractivity contribution in [1.82, 2.24) is 10.3 Å². The molecule has 0 aliphatic heterocycles. The molecule has 4 aromatic rings. The van der Waals surface area contributed by atoms with Crippen LogP contribution in [-0.2, 0) is 0 Å². The molecule has 10 heteroatoms. The van der Waals surface area contributed by atoms with Crippen LogP contribution in [0, 0.1) is 17.0 Å². The monoisotopic (exact) mass is 466 g/mol. The van der Waals surface area contributed by atoms with E-state index in [1.807, 2.05) is 25.1 Å². The molecule has 0 bridgehead atoms. The number of non-ortho nitro benzene ring substituents is 1. The van der Waals surface area contributed by atoms with Gasteiger partial charge in [-0.2, -0.15) is 0 Å². The Morgan fingerprint density at radius 1 is 1.12 bits per heavy atom. The number of amides is 1. The number of carbonyl (C=O) groups excluding carboxylic acids is 1. The highest BCUT2D eigenvalue weighted by Crippen LogP contribution is 2.30. The first-order valence-corrected chi connectivity index (χ1v) is 10.1. The number of carbonyl (C=O) groups is 1. The summed E-state index contributed by atoms with van der Waals surface area (Å²) in [5.41, 5.74) is 3.73. The number of fused-ring (bicyclic) bond motifs is 1. The zero-order valence-corrected chi connectivity index (χ0v) is 18.2. The predicted molar refractivity (Wildman–Crippen MR) is 126 cm³/mol. The number of aryl methyl sites for hydroxylation is 1. The number of benzene rings is 3. The van der Waals surface area contributed by atoms with E-state index < -0.39 is 10.8 Å². The molecule has 1 aromatic heterocycles. The number of aromatic nitrogens is 1. The van der Waals surface area contributed by atoms with Crippen molar-refractivity contribution in [2.75, 3.05) is 5.32 Å². The third kappa shape index (κ3) is 4.58. The zero-order valence-electron chi connectivity index (χ0n) is 16.6. The molecule has 0 fully saturated rings. The molecule has 160 valence electrons. The van der Waals surface area contributed by atoms with Crippen LogP contribution in [0.3, 0.4) is 0 Å². The van der Waals surface area contributed by atoms with Gasteiger partial charge >= 0.3 is 0 Å². The van der Waals surface area contributed by atoms with Gasteiger partial charge in [-0.25, -0.2) is 4.98 Å². The average Bonchev–Trinajstić information content (AvgIpc) is 3.18. The van der Waals surface area contributed by atoms with E-state index in [2.05, 4.69) is 15.6 Å². The zero-order chi connectivity index (χ0) is 22.8. The molecule has 32 heavy (non-hydrogen) atoms. The van der Waals surface area contributed by atoms with E-state index in [0.29, 0.717) is 27.7 Å². The maximum absolute atomic E-state index is 12.4. The molecule has 3 aromatic carbocycles. The van der Waals surface area contributed by atoms with Crippen LogP contribution in [-0.4, -0.2) is 20.9 Å². The van der Waals surface area contributed by atoms with Crippen molar-refractivity contribution in [3.63, 3.8) is 0 Å². The molecule has 0 spiro atoms. The first-order valence-electron chi connectivity index (χ1n) is 9.34. The van der Waals surface area contributed by atoms with Crippen LogP contribution in [0.5, 0.6) is 0 Å². The number of anilines is 1. The lowest BCUT2D eigenvalue weighted by Gasteiger charge is -2.11. The average molecular weight is 467 g/mol. The summed E-state index contributed by atoms with van der Waals surface area (Å²) < 4.78 is 5.83. The molecule has 0 saturated carbocycles. The summed E-state index contributed by atoms with van der Waals surface area (Å²) >= 11 is 11.5. The second kappa shape index (κ2) is 8.74. The van der Waals surface area contributed by atoms with Crippen LogP contribution in [0.4, 0.5) is 11.4 Å². The third-order valence-electron chi connectivity index (χ3n) is 4.57. The number of nitro benzene ring substituents is 1. The molecule has 2 N–H and O–H groups in total. The summed E-state index contributed by atoms with van der Waals surface area (Å²) in [5.74, 6) is -0.0925. The van der Waals surface area contributed by atoms with Gasteiger partial charge in [-0.15, -0.1) is 0 Å². The van der Waals surface area contributed by atoms with Crippen LogP contribution in [0.2, 0.25) is 5.02 Å². The van der Waals surface area contributed by atoms with E-state index in [0.717, 1.165) is 11.1 Å². The Hall–Kier alpha value is -3.82. The van der Waals surface area contributed by atoms with Gasteiger partial charge in [-0.05, 0) is 67.2 Å². The van der Waals surface area contributed by atoms with Gasteiger partial charge in [0, 0.05) is 23.3 Å². The Balaban J connectivity index is 1.50. The predicted octanol–water partition coefficient (Wildman–Crippen LogP) is 5.49. The SMILES string of the molecule is Cc1ccc2oc(-c3ccc(Cl)c(NC(=S)NC(=O)c4ccc([N+](=O)[O-])cc4)c3)nc2c1. The Morgan fingerprint density at radius 3 is 2.59 bits per heavy atom. The molecule has 8 nitrogen and oxygen atoms in total. The maximum Gasteiger partial charge on any atom is 0.269 e. The first kappa shape index (κ1) is 21.4. The minimum absolute atomic E-state index is 0.0144. The van der Waals surface area contributed by atoms with Crippen molar-refractivity contribution < 1.29 is 14.1 Å². The summed E-state index contributed by atoms with van der Waals surface area (Å²) in [6.45, 7) is 1.98. The smallest absolute Gasteiger partial charge is 0.269 e. The van der Waals surface area contributed by atoms with E-state index in [1.165, 1.54) is 24.3 Å². The molecule has 1 heterocycles. The molecule has 0 unspecified atom stereocenters. The largest absolute Gasteiger partial charge is 0.436 e. The molecular weight excluding hydrogens is 452 g/mol. The van der Waals surface area contributed by atoms with E-state index in [9.17, 15) is 14.9 Å². The van der Waals surface area contributed by atoms with E-state index in [4.69, 9.17) is 28.2 Å². The summed E-state index contributed by atoms with van der Waals surface area (Å²) in [6.07, 6.45) is 0. The maximum atomic E-state index is 12.4. The van der Waals surface area contributed by atoms with Gasteiger partial charge in [0.05, 0.1) is 15.6 Å². The van der Waals surface area contributed by atoms with Crippen molar-refractivity contribution >= 4 is 57.3 Å². The lowest BCUT2D eigenvalue weighted by Crippen LogP contribution is -2.34. The Morgan fingerprint density at radius 2 is 1.88 bits per heavy atom.